The van der Waals surface area contributed by atoms with E-state index in [9.17, 15) is 8.42 Å². The van der Waals surface area contributed by atoms with E-state index in [0.29, 0.717) is 16.6 Å². The van der Waals surface area contributed by atoms with Crippen LogP contribution < -0.4 is 4.74 Å². The van der Waals surface area contributed by atoms with Crippen molar-refractivity contribution in [2.75, 3.05) is 0 Å². The standard InChI is InChI=1S/C12H13Cl2N3O3S/c1-8(2)17-11(15-16-12(17)21(14,18)19)7-20-10-5-3-4-9(13)6-10/h3-6,8H,7H2,1-2H3. The molecule has 0 amide bonds. The summed E-state index contributed by atoms with van der Waals surface area (Å²) in [6.45, 7) is 3.66. The van der Waals surface area contributed by atoms with E-state index >= 15 is 0 Å². The van der Waals surface area contributed by atoms with Crippen molar-refractivity contribution in [3.05, 3.63) is 35.1 Å². The summed E-state index contributed by atoms with van der Waals surface area (Å²) in [6.07, 6.45) is 0. The van der Waals surface area contributed by atoms with Crippen LogP contribution in [-0.2, 0) is 15.7 Å². The molecule has 6 nitrogen and oxygen atoms in total. The molecule has 114 valence electrons. The molecule has 21 heavy (non-hydrogen) atoms. The van der Waals surface area contributed by atoms with Gasteiger partial charge in [0.2, 0.25) is 0 Å². The van der Waals surface area contributed by atoms with Crippen LogP contribution in [0.2, 0.25) is 5.02 Å². The van der Waals surface area contributed by atoms with E-state index in [1.807, 2.05) is 0 Å². The van der Waals surface area contributed by atoms with Crippen molar-refractivity contribution in [2.24, 2.45) is 0 Å². The first-order valence-electron chi connectivity index (χ1n) is 6.06. The number of rotatable bonds is 5. The normalized spacial score (nSPS) is 11.9. The predicted molar refractivity (Wildman–Crippen MR) is 79.2 cm³/mol. The minimum absolute atomic E-state index is 0.0535. The SMILES string of the molecule is CC(C)n1c(COc2cccc(Cl)c2)nnc1S(=O)(=O)Cl. The Morgan fingerprint density at radius 2 is 2.05 bits per heavy atom. The fraction of sp³-hybridized carbons (Fsp3) is 0.333. The Morgan fingerprint density at radius 1 is 1.33 bits per heavy atom. The van der Waals surface area contributed by atoms with E-state index in [2.05, 4.69) is 10.2 Å². The lowest BCUT2D eigenvalue weighted by Gasteiger charge is -2.13. The highest BCUT2D eigenvalue weighted by atomic mass is 35.7. The number of hydrogen-bond donors (Lipinski definition) is 0. The molecule has 2 rings (SSSR count). The second-order valence-electron chi connectivity index (χ2n) is 4.55. The van der Waals surface area contributed by atoms with E-state index < -0.39 is 9.05 Å². The lowest BCUT2D eigenvalue weighted by atomic mass is 10.3. The maximum Gasteiger partial charge on any atom is 0.296 e. The lowest BCUT2D eigenvalue weighted by molar-refractivity contribution is 0.284. The van der Waals surface area contributed by atoms with Crippen molar-refractivity contribution in [1.29, 1.82) is 0 Å². The van der Waals surface area contributed by atoms with E-state index in [4.69, 9.17) is 27.0 Å². The van der Waals surface area contributed by atoms with Gasteiger partial charge in [-0.15, -0.1) is 10.2 Å². The molecule has 0 N–H and O–H groups in total. The molecule has 0 unspecified atom stereocenters. The van der Waals surface area contributed by atoms with Gasteiger partial charge in [-0.3, -0.25) is 4.57 Å². The van der Waals surface area contributed by atoms with Crippen LogP contribution in [0.3, 0.4) is 0 Å². The van der Waals surface area contributed by atoms with Gasteiger partial charge >= 0.3 is 0 Å². The van der Waals surface area contributed by atoms with E-state index in [-0.39, 0.29) is 17.8 Å². The second kappa shape index (κ2) is 6.21. The fourth-order valence-electron chi connectivity index (χ4n) is 1.80. The molecule has 1 aromatic heterocycles. The zero-order valence-electron chi connectivity index (χ0n) is 11.3. The Balaban J connectivity index is 2.27. The van der Waals surface area contributed by atoms with Gasteiger partial charge in [-0.2, -0.15) is 0 Å². The maximum atomic E-state index is 11.5. The highest BCUT2D eigenvalue weighted by Crippen LogP contribution is 2.22. The zero-order chi connectivity index (χ0) is 15.6. The summed E-state index contributed by atoms with van der Waals surface area (Å²) in [5.41, 5.74) is 0. The first-order valence-corrected chi connectivity index (χ1v) is 8.74. The first kappa shape index (κ1) is 16.1. The molecule has 0 atom stereocenters. The summed E-state index contributed by atoms with van der Waals surface area (Å²) >= 11 is 5.86. The third kappa shape index (κ3) is 3.87. The third-order valence-electron chi connectivity index (χ3n) is 2.63. The lowest BCUT2D eigenvalue weighted by Crippen LogP contribution is -2.13. The molecule has 9 heteroatoms. The maximum absolute atomic E-state index is 11.5. The summed E-state index contributed by atoms with van der Waals surface area (Å²) in [6, 6.07) is 6.68. The summed E-state index contributed by atoms with van der Waals surface area (Å²) < 4.78 is 29.9. The molecule has 1 heterocycles. The van der Waals surface area contributed by atoms with Crippen LogP contribution in [0.1, 0.15) is 25.7 Å². The topological polar surface area (TPSA) is 74.1 Å². The Bertz CT molecular complexity index is 744. The Morgan fingerprint density at radius 3 is 2.62 bits per heavy atom. The van der Waals surface area contributed by atoms with Gasteiger partial charge in [0.05, 0.1) is 0 Å². The molecule has 0 fully saturated rings. The number of aromatic nitrogens is 3. The molecule has 1 aromatic carbocycles. The van der Waals surface area contributed by atoms with Gasteiger partial charge in [-0.25, -0.2) is 8.42 Å². The molecule has 0 bridgehead atoms. The molecule has 0 spiro atoms. The molecule has 0 aliphatic heterocycles. The Labute approximate surface area is 132 Å². The summed E-state index contributed by atoms with van der Waals surface area (Å²) in [5.74, 6) is 0.917. The Hall–Kier alpha value is -1.31. The third-order valence-corrected chi connectivity index (χ3v) is 4.00. The van der Waals surface area contributed by atoms with Crippen molar-refractivity contribution in [1.82, 2.24) is 14.8 Å². The number of hydrogen-bond acceptors (Lipinski definition) is 5. The molecule has 0 aliphatic rings. The molecule has 0 saturated heterocycles. The molecule has 0 saturated carbocycles. The van der Waals surface area contributed by atoms with Gasteiger partial charge in [0.25, 0.3) is 14.2 Å². The van der Waals surface area contributed by atoms with Crippen molar-refractivity contribution in [3.63, 3.8) is 0 Å². The smallest absolute Gasteiger partial charge is 0.296 e. The first-order chi connectivity index (χ1) is 9.79. The number of benzene rings is 1. The van der Waals surface area contributed by atoms with Crippen molar-refractivity contribution in [2.45, 2.75) is 31.7 Å². The van der Waals surface area contributed by atoms with Crippen LogP contribution in [0.15, 0.2) is 29.4 Å². The van der Waals surface area contributed by atoms with Crippen LogP contribution >= 0.6 is 22.3 Å². The minimum atomic E-state index is -3.96. The molecule has 0 aliphatic carbocycles. The summed E-state index contributed by atoms with van der Waals surface area (Å²) in [5, 5.41) is 7.71. The highest BCUT2D eigenvalue weighted by Gasteiger charge is 2.24. The quantitative estimate of drug-likeness (QED) is 0.775. The van der Waals surface area contributed by atoms with E-state index in [1.54, 1.807) is 38.1 Å². The highest BCUT2D eigenvalue weighted by molar-refractivity contribution is 8.13. The number of ether oxygens (including phenoxy) is 1. The van der Waals surface area contributed by atoms with Crippen LogP contribution in [0.25, 0.3) is 0 Å². The van der Waals surface area contributed by atoms with Crippen LogP contribution in [0.4, 0.5) is 0 Å². The van der Waals surface area contributed by atoms with Crippen molar-refractivity contribution < 1.29 is 13.2 Å². The largest absolute Gasteiger partial charge is 0.486 e. The number of nitrogens with zero attached hydrogens (tertiary/aromatic N) is 3. The average Bonchev–Trinajstić information content (AvgIpc) is 2.80. The fourth-order valence-corrected chi connectivity index (χ4v) is 2.98. The predicted octanol–water partition coefficient (Wildman–Crippen LogP) is 3.02. The second-order valence-corrected chi connectivity index (χ2v) is 7.44. The molecular formula is C12H13Cl2N3O3S. The average molecular weight is 350 g/mol. The van der Waals surface area contributed by atoms with Crippen LogP contribution in [0, 0.1) is 0 Å². The summed E-state index contributed by atoms with van der Waals surface area (Å²) in [4.78, 5) is 0. The molecule has 2 aromatic rings. The van der Waals surface area contributed by atoms with E-state index in [0.717, 1.165) is 0 Å². The minimum Gasteiger partial charge on any atom is -0.486 e. The van der Waals surface area contributed by atoms with Gasteiger partial charge in [-0.05, 0) is 32.0 Å². The van der Waals surface area contributed by atoms with Crippen molar-refractivity contribution in [3.8, 4) is 5.75 Å². The van der Waals surface area contributed by atoms with Gasteiger partial charge in [0.15, 0.2) is 5.82 Å². The molecular weight excluding hydrogens is 337 g/mol. The van der Waals surface area contributed by atoms with E-state index in [1.165, 1.54) is 4.57 Å². The molecule has 0 radical (unpaired) electrons. The van der Waals surface area contributed by atoms with Crippen molar-refractivity contribution >= 4 is 31.3 Å². The van der Waals surface area contributed by atoms with Crippen LogP contribution in [0.5, 0.6) is 5.75 Å². The van der Waals surface area contributed by atoms with Gasteiger partial charge in [0.1, 0.15) is 12.4 Å². The van der Waals surface area contributed by atoms with Gasteiger partial charge in [-0.1, -0.05) is 17.7 Å². The Kier molecular flexibility index (Phi) is 4.75. The summed E-state index contributed by atoms with van der Waals surface area (Å²) in [7, 11) is 1.39. The van der Waals surface area contributed by atoms with Crippen LogP contribution in [-0.4, -0.2) is 23.2 Å². The van der Waals surface area contributed by atoms with Gasteiger partial charge < -0.3 is 4.74 Å². The number of halogens is 2. The monoisotopic (exact) mass is 349 g/mol. The van der Waals surface area contributed by atoms with Gasteiger partial charge in [0, 0.05) is 21.7 Å². The zero-order valence-corrected chi connectivity index (χ0v) is 13.7.